The number of fused-ring (bicyclic) bond motifs is 1. The fourth-order valence-corrected chi connectivity index (χ4v) is 5.30. The van der Waals surface area contributed by atoms with Gasteiger partial charge in [0, 0.05) is 18.5 Å². The number of nitrogens with one attached hydrogen (secondary N) is 1. The lowest BCUT2D eigenvalue weighted by Gasteiger charge is -2.22. The third kappa shape index (κ3) is 4.23. The van der Waals surface area contributed by atoms with Gasteiger partial charge < -0.3 is 9.88 Å². The van der Waals surface area contributed by atoms with Crippen molar-refractivity contribution in [2.75, 3.05) is 11.4 Å². The Labute approximate surface area is 198 Å². The lowest BCUT2D eigenvalue weighted by molar-refractivity contribution is -0.120. The van der Waals surface area contributed by atoms with Crippen molar-refractivity contribution >= 4 is 32.6 Å². The number of anilines is 1. The molecule has 174 valence electrons. The molecule has 1 aliphatic rings. The largest absolute Gasteiger partial charge is 0.338 e. The second kappa shape index (κ2) is 9.06. The molecule has 0 unspecified atom stereocenters. The second-order valence-electron chi connectivity index (χ2n) is 8.31. The maximum absolute atomic E-state index is 15.0. The molecule has 1 aliphatic heterocycles. The summed E-state index contributed by atoms with van der Waals surface area (Å²) < 4.78 is 30.0. The lowest BCUT2D eigenvalue weighted by atomic mass is 10.0. The molecule has 1 atom stereocenters. The maximum Gasteiger partial charge on any atom is 0.330 e. The number of carbonyl (C=O) groups is 1. The number of benzene rings is 2. The van der Waals surface area contributed by atoms with Crippen LogP contribution in [-0.2, 0) is 17.1 Å². The number of H-pyrrole nitrogens is 1. The van der Waals surface area contributed by atoms with Crippen LogP contribution in [0.25, 0.3) is 10.3 Å². The number of aromatic nitrogens is 3. The van der Waals surface area contributed by atoms with Gasteiger partial charge in [0.05, 0.1) is 6.04 Å². The van der Waals surface area contributed by atoms with Crippen LogP contribution in [0, 0.1) is 0 Å². The Bertz CT molecular complexity index is 1370. The Morgan fingerprint density at radius 3 is 2.53 bits per heavy atom. The lowest BCUT2D eigenvalue weighted by Crippen LogP contribution is -2.36. The molecule has 0 bridgehead atoms. The van der Waals surface area contributed by atoms with Gasteiger partial charge in [-0.1, -0.05) is 72.0 Å². The number of carbonyl (C=O) groups excluding carboxylic acids is 1. The number of ketones is 1. The van der Waals surface area contributed by atoms with Crippen molar-refractivity contribution in [2.24, 2.45) is 0 Å². The Hall–Kier alpha value is -3.46. The molecule has 4 aromatic rings. The van der Waals surface area contributed by atoms with E-state index in [9.17, 15) is 18.4 Å². The highest BCUT2D eigenvalue weighted by atomic mass is 32.1. The number of thiazole rings is 1. The highest BCUT2D eigenvalue weighted by Crippen LogP contribution is 2.36. The van der Waals surface area contributed by atoms with Gasteiger partial charge in [-0.25, -0.2) is 9.97 Å². The molecule has 0 saturated carbocycles. The standard InChI is InChI=1S/C25H22F2N4O2S/c26-25(27,17-10-5-2-6-11-17)23-29-21(33)20-22(30-23)34-24(28-20)31-15-7-12-18(31)19(32)14-13-16-8-3-1-4-9-16/h1-6,8-11,18H,7,12-15H2,(H,29,30,33)/t18-/m1/s1. The summed E-state index contributed by atoms with van der Waals surface area (Å²) in [6.45, 7) is 0.618. The van der Waals surface area contributed by atoms with E-state index in [4.69, 9.17) is 0 Å². The van der Waals surface area contributed by atoms with E-state index >= 15 is 0 Å². The first kappa shape index (κ1) is 22.3. The number of hydrogen-bond acceptors (Lipinski definition) is 6. The van der Waals surface area contributed by atoms with E-state index in [1.54, 1.807) is 6.07 Å². The summed E-state index contributed by atoms with van der Waals surface area (Å²) in [6.07, 6.45) is 2.58. The van der Waals surface area contributed by atoms with E-state index in [0.29, 0.717) is 30.9 Å². The normalized spacial score (nSPS) is 16.3. The second-order valence-corrected chi connectivity index (χ2v) is 9.26. The third-order valence-corrected chi connectivity index (χ3v) is 7.05. The van der Waals surface area contributed by atoms with Crippen LogP contribution in [0.15, 0.2) is 65.5 Å². The van der Waals surface area contributed by atoms with Crippen LogP contribution >= 0.6 is 11.3 Å². The first-order chi connectivity index (χ1) is 16.4. The molecule has 9 heteroatoms. The number of aromatic amines is 1. The highest BCUT2D eigenvalue weighted by molar-refractivity contribution is 7.21. The molecule has 34 heavy (non-hydrogen) atoms. The first-order valence-corrected chi connectivity index (χ1v) is 11.9. The summed E-state index contributed by atoms with van der Waals surface area (Å²) in [6, 6.07) is 16.7. The van der Waals surface area contributed by atoms with Crippen molar-refractivity contribution in [3.8, 4) is 0 Å². The summed E-state index contributed by atoms with van der Waals surface area (Å²) in [7, 11) is 0. The predicted molar refractivity (Wildman–Crippen MR) is 128 cm³/mol. The van der Waals surface area contributed by atoms with Gasteiger partial charge in [0.25, 0.3) is 5.56 Å². The van der Waals surface area contributed by atoms with E-state index in [0.717, 1.165) is 23.3 Å². The molecule has 1 fully saturated rings. The molecule has 1 saturated heterocycles. The Balaban J connectivity index is 1.41. The predicted octanol–water partition coefficient (Wildman–Crippen LogP) is 4.69. The number of rotatable bonds is 7. The van der Waals surface area contributed by atoms with Gasteiger partial charge in [-0.15, -0.1) is 0 Å². The average molecular weight is 481 g/mol. The molecule has 0 aliphatic carbocycles. The zero-order valence-corrected chi connectivity index (χ0v) is 19.0. The molecule has 2 aromatic carbocycles. The van der Waals surface area contributed by atoms with Crippen molar-refractivity contribution < 1.29 is 13.6 Å². The zero-order valence-electron chi connectivity index (χ0n) is 18.2. The van der Waals surface area contributed by atoms with Gasteiger partial charge in [-0.2, -0.15) is 8.78 Å². The van der Waals surface area contributed by atoms with Crippen LogP contribution in [0.1, 0.15) is 36.2 Å². The van der Waals surface area contributed by atoms with Crippen LogP contribution in [0.2, 0.25) is 0 Å². The van der Waals surface area contributed by atoms with E-state index in [1.165, 1.54) is 24.3 Å². The first-order valence-electron chi connectivity index (χ1n) is 11.1. The number of hydrogen-bond donors (Lipinski definition) is 1. The molecule has 6 nitrogen and oxygen atoms in total. The van der Waals surface area contributed by atoms with E-state index in [-0.39, 0.29) is 27.7 Å². The fraction of sp³-hybridized carbons (Fsp3) is 0.280. The number of aryl methyl sites for hydroxylation is 1. The zero-order chi connectivity index (χ0) is 23.7. The molecule has 0 amide bonds. The molecule has 5 rings (SSSR count). The number of halogens is 2. The van der Waals surface area contributed by atoms with E-state index in [2.05, 4.69) is 15.0 Å². The molecule has 1 N–H and O–H groups in total. The van der Waals surface area contributed by atoms with Crippen LogP contribution in [0.3, 0.4) is 0 Å². The van der Waals surface area contributed by atoms with Crippen LogP contribution < -0.4 is 10.5 Å². The Kier molecular flexibility index (Phi) is 5.95. The molecule has 3 heterocycles. The van der Waals surface area contributed by atoms with Gasteiger partial charge in [-0.05, 0) is 24.8 Å². The molecular formula is C25H22F2N4O2S. The minimum atomic E-state index is -3.46. The fourth-order valence-electron chi connectivity index (χ4n) is 4.29. The maximum atomic E-state index is 15.0. The van der Waals surface area contributed by atoms with Crippen LogP contribution in [-0.4, -0.2) is 33.3 Å². The van der Waals surface area contributed by atoms with Gasteiger partial charge in [0.1, 0.15) is 0 Å². The third-order valence-electron chi connectivity index (χ3n) is 6.07. The monoisotopic (exact) mass is 480 g/mol. The molecule has 0 radical (unpaired) electrons. The van der Waals surface area contributed by atoms with Crippen molar-refractivity contribution in [3.63, 3.8) is 0 Å². The Morgan fingerprint density at radius 1 is 1.09 bits per heavy atom. The van der Waals surface area contributed by atoms with Crippen molar-refractivity contribution in [2.45, 2.75) is 37.6 Å². The quantitative estimate of drug-likeness (QED) is 0.415. The smallest absolute Gasteiger partial charge is 0.330 e. The summed E-state index contributed by atoms with van der Waals surface area (Å²) in [5, 5.41) is 0.462. The number of alkyl halides is 2. The summed E-state index contributed by atoms with van der Waals surface area (Å²) in [5.41, 5.74) is 0.133. The molecule has 2 aromatic heterocycles. The average Bonchev–Trinajstić information content (AvgIpc) is 3.51. The number of Topliss-reactive ketones (excluding diaryl/α,β-unsaturated/α-hetero) is 1. The molecular weight excluding hydrogens is 458 g/mol. The summed E-state index contributed by atoms with van der Waals surface area (Å²) >= 11 is 1.07. The van der Waals surface area contributed by atoms with Crippen LogP contribution in [0.4, 0.5) is 13.9 Å². The van der Waals surface area contributed by atoms with Gasteiger partial charge in [0.15, 0.2) is 27.1 Å². The highest BCUT2D eigenvalue weighted by Gasteiger charge is 2.38. The minimum Gasteiger partial charge on any atom is -0.338 e. The summed E-state index contributed by atoms with van der Waals surface area (Å²) in [4.78, 5) is 38.3. The van der Waals surface area contributed by atoms with E-state index in [1.807, 2.05) is 35.2 Å². The topological polar surface area (TPSA) is 79.0 Å². The van der Waals surface area contributed by atoms with Crippen LogP contribution in [0.5, 0.6) is 0 Å². The minimum absolute atomic E-state index is 0.00926. The number of nitrogens with zero attached hydrogens (tertiary/aromatic N) is 3. The van der Waals surface area contributed by atoms with Crippen molar-refractivity contribution in [1.82, 2.24) is 15.0 Å². The van der Waals surface area contributed by atoms with Gasteiger partial charge in [-0.3, -0.25) is 9.59 Å². The molecule has 0 spiro atoms. The van der Waals surface area contributed by atoms with Crippen molar-refractivity contribution in [1.29, 1.82) is 0 Å². The SMILES string of the molecule is O=C(CCc1ccccc1)[C@H]1CCCN1c1nc2c(=O)[nH]c(C(F)(F)c3ccccc3)nc2s1. The van der Waals surface area contributed by atoms with E-state index < -0.39 is 17.3 Å². The van der Waals surface area contributed by atoms with Crippen molar-refractivity contribution in [3.05, 3.63) is 88.0 Å². The summed E-state index contributed by atoms with van der Waals surface area (Å²) in [5.74, 6) is -4.07. The van der Waals surface area contributed by atoms with Gasteiger partial charge in [0.2, 0.25) is 0 Å². The van der Waals surface area contributed by atoms with Gasteiger partial charge >= 0.3 is 5.92 Å². The Morgan fingerprint density at radius 2 is 1.79 bits per heavy atom.